The fourth-order valence-electron chi connectivity index (χ4n) is 1.65. The lowest BCUT2D eigenvalue weighted by molar-refractivity contribution is -0.123. The summed E-state index contributed by atoms with van der Waals surface area (Å²) in [6.07, 6.45) is 5.98. The lowest BCUT2D eigenvalue weighted by atomic mass is 9.77. The zero-order chi connectivity index (χ0) is 10.9. The van der Waals surface area contributed by atoms with Crippen molar-refractivity contribution in [3.05, 3.63) is 24.0 Å². The second-order valence-corrected chi connectivity index (χ2v) is 4.15. The van der Waals surface area contributed by atoms with E-state index in [-0.39, 0.29) is 5.91 Å². The topological polar surface area (TPSA) is 68.0 Å². The fourth-order valence-corrected chi connectivity index (χ4v) is 1.65. The average molecular weight is 205 g/mol. The van der Waals surface area contributed by atoms with Gasteiger partial charge in [-0.25, -0.2) is 0 Å². The summed E-state index contributed by atoms with van der Waals surface area (Å²) in [5.74, 6) is -0.0805. The predicted molar refractivity (Wildman–Crippen MR) is 58.4 cm³/mol. The number of amides is 1. The molecule has 1 aliphatic rings. The first-order valence-corrected chi connectivity index (χ1v) is 5.13. The molecule has 0 bridgehead atoms. The molecule has 1 amide bonds. The summed E-state index contributed by atoms with van der Waals surface area (Å²) in [4.78, 5) is 15.8. The SMILES string of the molecule is Cc1cnccc1NC(=O)C1(N)CCC1. The van der Waals surface area contributed by atoms with Crippen LogP contribution < -0.4 is 11.1 Å². The Bertz CT molecular complexity index is 385. The summed E-state index contributed by atoms with van der Waals surface area (Å²) in [6.45, 7) is 1.91. The maximum atomic E-state index is 11.8. The highest BCUT2D eigenvalue weighted by Gasteiger charge is 2.40. The third-order valence-electron chi connectivity index (χ3n) is 2.97. The van der Waals surface area contributed by atoms with Crippen molar-refractivity contribution in [3.8, 4) is 0 Å². The van der Waals surface area contributed by atoms with Gasteiger partial charge in [0.05, 0.1) is 5.54 Å². The van der Waals surface area contributed by atoms with Crippen LogP contribution >= 0.6 is 0 Å². The number of nitrogens with one attached hydrogen (secondary N) is 1. The van der Waals surface area contributed by atoms with E-state index >= 15 is 0 Å². The molecule has 1 heterocycles. The molecule has 0 aromatic carbocycles. The van der Waals surface area contributed by atoms with Crippen LogP contribution in [-0.4, -0.2) is 16.4 Å². The van der Waals surface area contributed by atoms with Crippen molar-refractivity contribution in [1.82, 2.24) is 4.98 Å². The van der Waals surface area contributed by atoms with Gasteiger partial charge in [0.1, 0.15) is 0 Å². The van der Waals surface area contributed by atoms with E-state index in [0.717, 1.165) is 30.5 Å². The van der Waals surface area contributed by atoms with E-state index in [9.17, 15) is 4.79 Å². The Morgan fingerprint density at radius 2 is 2.33 bits per heavy atom. The van der Waals surface area contributed by atoms with E-state index < -0.39 is 5.54 Å². The number of hydrogen-bond acceptors (Lipinski definition) is 3. The minimum absolute atomic E-state index is 0.0805. The van der Waals surface area contributed by atoms with E-state index in [1.807, 2.05) is 6.92 Å². The van der Waals surface area contributed by atoms with Gasteiger partial charge in [-0.1, -0.05) is 0 Å². The van der Waals surface area contributed by atoms with Crippen LogP contribution in [-0.2, 0) is 4.79 Å². The normalized spacial score (nSPS) is 18.0. The number of nitrogens with zero attached hydrogens (tertiary/aromatic N) is 1. The summed E-state index contributed by atoms with van der Waals surface area (Å²) in [5.41, 5.74) is 7.02. The van der Waals surface area contributed by atoms with Gasteiger partial charge in [-0.2, -0.15) is 0 Å². The van der Waals surface area contributed by atoms with Crippen molar-refractivity contribution in [1.29, 1.82) is 0 Å². The van der Waals surface area contributed by atoms with Crippen LogP contribution in [0.1, 0.15) is 24.8 Å². The molecular formula is C11H15N3O. The van der Waals surface area contributed by atoms with Crippen molar-refractivity contribution in [3.63, 3.8) is 0 Å². The molecule has 15 heavy (non-hydrogen) atoms. The van der Waals surface area contributed by atoms with Gasteiger partial charge in [0.15, 0.2) is 0 Å². The smallest absolute Gasteiger partial charge is 0.244 e. The largest absolute Gasteiger partial charge is 0.324 e. The minimum atomic E-state index is -0.643. The highest BCUT2D eigenvalue weighted by atomic mass is 16.2. The number of rotatable bonds is 2. The van der Waals surface area contributed by atoms with Gasteiger partial charge in [0.25, 0.3) is 0 Å². The Kier molecular flexibility index (Phi) is 2.44. The van der Waals surface area contributed by atoms with Crippen LogP contribution in [0.2, 0.25) is 0 Å². The first-order chi connectivity index (χ1) is 7.12. The van der Waals surface area contributed by atoms with Crippen LogP contribution in [0.15, 0.2) is 18.5 Å². The maximum absolute atomic E-state index is 11.8. The Morgan fingerprint density at radius 3 is 2.87 bits per heavy atom. The number of anilines is 1. The number of aryl methyl sites for hydroxylation is 1. The molecule has 0 radical (unpaired) electrons. The third-order valence-corrected chi connectivity index (χ3v) is 2.97. The summed E-state index contributed by atoms with van der Waals surface area (Å²) < 4.78 is 0. The zero-order valence-electron chi connectivity index (χ0n) is 8.79. The standard InChI is InChI=1S/C11H15N3O/c1-8-7-13-6-3-9(8)14-10(15)11(12)4-2-5-11/h3,6-7H,2,4-5,12H2,1H3,(H,13,14,15). The number of hydrogen-bond donors (Lipinski definition) is 2. The third kappa shape index (κ3) is 1.85. The molecule has 4 nitrogen and oxygen atoms in total. The van der Waals surface area contributed by atoms with Gasteiger partial charge in [-0.3, -0.25) is 9.78 Å². The Hall–Kier alpha value is -1.42. The van der Waals surface area contributed by atoms with Crippen molar-refractivity contribution in [2.45, 2.75) is 31.7 Å². The van der Waals surface area contributed by atoms with Crippen molar-refractivity contribution < 1.29 is 4.79 Å². The van der Waals surface area contributed by atoms with E-state index in [1.54, 1.807) is 18.5 Å². The van der Waals surface area contributed by atoms with E-state index in [0.29, 0.717) is 0 Å². The van der Waals surface area contributed by atoms with Gasteiger partial charge in [0, 0.05) is 18.1 Å². The Balaban J connectivity index is 2.09. The highest BCUT2D eigenvalue weighted by Crippen LogP contribution is 2.30. The Morgan fingerprint density at radius 1 is 1.60 bits per heavy atom. The number of nitrogens with two attached hydrogens (primary N) is 1. The second kappa shape index (κ2) is 3.62. The van der Waals surface area contributed by atoms with Gasteiger partial charge in [-0.15, -0.1) is 0 Å². The average Bonchev–Trinajstić information content (AvgIpc) is 2.18. The molecule has 1 saturated carbocycles. The molecule has 1 fully saturated rings. The maximum Gasteiger partial charge on any atom is 0.244 e. The van der Waals surface area contributed by atoms with Crippen molar-refractivity contribution in [2.75, 3.05) is 5.32 Å². The molecular weight excluding hydrogens is 190 g/mol. The van der Waals surface area contributed by atoms with E-state index in [1.165, 1.54) is 0 Å². The first kappa shape index (κ1) is 10.1. The van der Waals surface area contributed by atoms with Crippen molar-refractivity contribution >= 4 is 11.6 Å². The molecule has 80 valence electrons. The highest BCUT2D eigenvalue weighted by molar-refractivity contribution is 5.99. The molecule has 0 aliphatic heterocycles. The van der Waals surface area contributed by atoms with Gasteiger partial charge >= 0.3 is 0 Å². The summed E-state index contributed by atoms with van der Waals surface area (Å²) >= 11 is 0. The predicted octanol–water partition coefficient (Wildman–Crippen LogP) is 1.21. The van der Waals surface area contributed by atoms with Crippen LogP contribution in [0, 0.1) is 6.92 Å². The van der Waals surface area contributed by atoms with Gasteiger partial charge in [0.2, 0.25) is 5.91 Å². The monoisotopic (exact) mass is 205 g/mol. The summed E-state index contributed by atoms with van der Waals surface area (Å²) in [6, 6.07) is 1.79. The lowest BCUT2D eigenvalue weighted by Gasteiger charge is -2.36. The molecule has 0 saturated heterocycles. The fraction of sp³-hybridized carbons (Fsp3) is 0.455. The van der Waals surface area contributed by atoms with Crippen LogP contribution in [0.25, 0.3) is 0 Å². The first-order valence-electron chi connectivity index (χ1n) is 5.13. The second-order valence-electron chi connectivity index (χ2n) is 4.15. The quantitative estimate of drug-likeness (QED) is 0.762. The Labute approximate surface area is 88.9 Å². The van der Waals surface area contributed by atoms with Gasteiger partial charge in [-0.05, 0) is 37.8 Å². The zero-order valence-corrected chi connectivity index (χ0v) is 8.79. The minimum Gasteiger partial charge on any atom is -0.324 e. The van der Waals surface area contributed by atoms with Crippen LogP contribution in [0.4, 0.5) is 5.69 Å². The van der Waals surface area contributed by atoms with E-state index in [2.05, 4.69) is 10.3 Å². The molecule has 1 aromatic rings. The van der Waals surface area contributed by atoms with Gasteiger partial charge < -0.3 is 11.1 Å². The van der Waals surface area contributed by atoms with Crippen LogP contribution in [0.5, 0.6) is 0 Å². The molecule has 1 aromatic heterocycles. The molecule has 0 spiro atoms. The molecule has 4 heteroatoms. The summed E-state index contributed by atoms with van der Waals surface area (Å²) in [5, 5.41) is 2.85. The molecule has 2 rings (SSSR count). The number of carbonyl (C=O) groups excluding carboxylic acids is 1. The van der Waals surface area contributed by atoms with Crippen molar-refractivity contribution in [2.24, 2.45) is 5.73 Å². The number of aromatic nitrogens is 1. The van der Waals surface area contributed by atoms with Crippen LogP contribution in [0.3, 0.4) is 0 Å². The number of pyridine rings is 1. The molecule has 0 unspecified atom stereocenters. The van der Waals surface area contributed by atoms with E-state index in [4.69, 9.17) is 5.73 Å². The molecule has 1 aliphatic carbocycles. The molecule has 3 N–H and O–H groups in total. The molecule has 0 atom stereocenters. The lowest BCUT2D eigenvalue weighted by Crippen LogP contribution is -2.56. The summed E-state index contributed by atoms with van der Waals surface area (Å²) in [7, 11) is 0. The number of carbonyl (C=O) groups is 1.